The fourth-order valence-electron chi connectivity index (χ4n) is 1.86. The first kappa shape index (κ1) is 13.9. The summed E-state index contributed by atoms with van der Waals surface area (Å²) in [7, 11) is -2.88. The molecule has 1 saturated heterocycles. The molecule has 4 nitrogen and oxygen atoms in total. The minimum Gasteiger partial charge on any atom is -0.311 e. The van der Waals surface area contributed by atoms with Gasteiger partial charge in [-0.2, -0.15) is 0 Å². The summed E-state index contributed by atoms with van der Waals surface area (Å²) in [6, 6.07) is 0.524. The standard InChI is InChI=1S/C11H24N2O2S/c1-4-11-9-13(6-5-12-11)7-8-16(14,15)10(2)3/h10-12H,4-9H2,1-3H3. The number of hydrogen-bond donors (Lipinski definition) is 1. The summed E-state index contributed by atoms with van der Waals surface area (Å²) in [6.45, 7) is 9.25. The van der Waals surface area contributed by atoms with Gasteiger partial charge in [-0.15, -0.1) is 0 Å². The number of rotatable bonds is 5. The predicted molar refractivity (Wildman–Crippen MR) is 67.4 cm³/mol. The van der Waals surface area contributed by atoms with Gasteiger partial charge in [0.15, 0.2) is 9.84 Å². The summed E-state index contributed by atoms with van der Waals surface area (Å²) in [4.78, 5) is 2.25. The van der Waals surface area contributed by atoms with Crippen LogP contribution in [0.25, 0.3) is 0 Å². The molecule has 0 aliphatic carbocycles. The molecule has 1 N–H and O–H groups in total. The van der Waals surface area contributed by atoms with Gasteiger partial charge in [-0.25, -0.2) is 8.42 Å². The largest absolute Gasteiger partial charge is 0.311 e. The Morgan fingerprint density at radius 1 is 1.44 bits per heavy atom. The van der Waals surface area contributed by atoms with Gasteiger partial charge < -0.3 is 5.32 Å². The Balaban J connectivity index is 2.38. The molecule has 0 saturated carbocycles. The van der Waals surface area contributed by atoms with Crippen molar-refractivity contribution in [3.63, 3.8) is 0 Å². The zero-order valence-corrected chi connectivity index (χ0v) is 11.4. The molecule has 1 fully saturated rings. The minimum absolute atomic E-state index is 0.252. The molecule has 5 heteroatoms. The zero-order valence-electron chi connectivity index (χ0n) is 10.6. The summed E-state index contributed by atoms with van der Waals surface area (Å²) in [6.07, 6.45) is 1.10. The lowest BCUT2D eigenvalue weighted by Gasteiger charge is -2.33. The van der Waals surface area contributed by atoms with Gasteiger partial charge in [0.25, 0.3) is 0 Å². The SMILES string of the molecule is CCC1CN(CCS(=O)(=O)C(C)C)CCN1. The van der Waals surface area contributed by atoms with Gasteiger partial charge in [0.05, 0.1) is 11.0 Å². The van der Waals surface area contributed by atoms with E-state index in [0.29, 0.717) is 18.3 Å². The third-order valence-corrected chi connectivity index (χ3v) is 5.43. The number of piperazine rings is 1. The zero-order chi connectivity index (χ0) is 12.2. The van der Waals surface area contributed by atoms with Gasteiger partial charge >= 0.3 is 0 Å². The fourth-order valence-corrected chi connectivity index (χ4v) is 2.85. The summed E-state index contributed by atoms with van der Waals surface area (Å²) in [5, 5.41) is 3.18. The maximum absolute atomic E-state index is 11.7. The quantitative estimate of drug-likeness (QED) is 0.769. The van der Waals surface area contributed by atoms with Crippen LogP contribution in [0.1, 0.15) is 27.2 Å². The van der Waals surface area contributed by atoms with Crippen LogP contribution in [-0.4, -0.2) is 56.5 Å². The van der Waals surface area contributed by atoms with Gasteiger partial charge in [-0.1, -0.05) is 6.92 Å². The third-order valence-electron chi connectivity index (χ3n) is 3.24. The number of nitrogens with one attached hydrogen (secondary N) is 1. The Labute approximate surface area is 99.3 Å². The van der Waals surface area contributed by atoms with Crippen molar-refractivity contribution in [3.8, 4) is 0 Å². The molecule has 0 aromatic carbocycles. The molecule has 96 valence electrons. The van der Waals surface area contributed by atoms with Crippen molar-refractivity contribution >= 4 is 9.84 Å². The first-order valence-electron chi connectivity index (χ1n) is 6.13. The lowest BCUT2D eigenvalue weighted by molar-refractivity contribution is 0.207. The Morgan fingerprint density at radius 3 is 2.69 bits per heavy atom. The molecule has 1 heterocycles. The van der Waals surface area contributed by atoms with Crippen LogP contribution >= 0.6 is 0 Å². The molecule has 0 spiro atoms. The summed E-state index contributed by atoms with van der Waals surface area (Å²) in [5.41, 5.74) is 0. The first-order chi connectivity index (χ1) is 7.45. The average Bonchev–Trinajstić information content (AvgIpc) is 2.26. The van der Waals surface area contributed by atoms with Crippen LogP contribution in [0.2, 0.25) is 0 Å². The monoisotopic (exact) mass is 248 g/mol. The highest BCUT2D eigenvalue weighted by atomic mass is 32.2. The molecular weight excluding hydrogens is 224 g/mol. The van der Waals surface area contributed by atoms with E-state index in [1.165, 1.54) is 0 Å². The second kappa shape index (κ2) is 5.98. The van der Waals surface area contributed by atoms with Crippen molar-refractivity contribution in [1.82, 2.24) is 10.2 Å². The van der Waals surface area contributed by atoms with Gasteiger partial charge in [-0.05, 0) is 20.3 Å². The molecular formula is C11H24N2O2S. The van der Waals surface area contributed by atoms with E-state index >= 15 is 0 Å². The topological polar surface area (TPSA) is 49.4 Å². The van der Waals surface area contributed by atoms with Crippen LogP contribution in [0.4, 0.5) is 0 Å². The van der Waals surface area contributed by atoms with Crippen LogP contribution in [0.5, 0.6) is 0 Å². The molecule has 0 aromatic rings. The molecule has 1 aliphatic heterocycles. The molecule has 1 unspecified atom stereocenters. The normalized spacial score (nSPS) is 23.9. The van der Waals surface area contributed by atoms with Gasteiger partial charge in [-0.3, -0.25) is 4.90 Å². The Hall–Kier alpha value is -0.130. The molecule has 1 atom stereocenters. The van der Waals surface area contributed by atoms with E-state index in [0.717, 1.165) is 26.1 Å². The predicted octanol–water partition coefficient (Wildman–Crippen LogP) is 0.493. The molecule has 1 aliphatic rings. The van der Waals surface area contributed by atoms with E-state index in [1.54, 1.807) is 13.8 Å². The molecule has 0 aromatic heterocycles. The lowest BCUT2D eigenvalue weighted by Crippen LogP contribution is -2.51. The molecule has 0 radical (unpaired) electrons. The Kier molecular flexibility index (Phi) is 5.21. The Morgan fingerprint density at radius 2 is 2.12 bits per heavy atom. The number of nitrogens with zero attached hydrogens (tertiary/aromatic N) is 1. The fraction of sp³-hybridized carbons (Fsp3) is 1.00. The minimum atomic E-state index is -2.88. The van der Waals surface area contributed by atoms with Crippen molar-refractivity contribution < 1.29 is 8.42 Å². The van der Waals surface area contributed by atoms with E-state index < -0.39 is 9.84 Å². The van der Waals surface area contributed by atoms with Crippen LogP contribution in [-0.2, 0) is 9.84 Å². The van der Waals surface area contributed by atoms with Crippen molar-refractivity contribution in [2.45, 2.75) is 38.5 Å². The second-order valence-corrected chi connectivity index (χ2v) is 7.45. The molecule has 1 rings (SSSR count). The van der Waals surface area contributed by atoms with E-state index in [1.807, 2.05) is 0 Å². The van der Waals surface area contributed by atoms with E-state index in [4.69, 9.17) is 0 Å². The van der Waals surface area contributed by atoms with E-state index in [2.05, 4.69) is 17.1 Å². The number of sulfone groups is 1. The maximum Gasteiger partial charge on any atom is 0.153 e. The summed E-state index contributed by atoms with van der Waals surface area (Å²) in [5.74, 6) is 0.293. The lowest BCUT2D eigenvalue weighted by atomic mass is 10.1. The average molecular weight is 248 g/mol. The van der Waals surface area contributed by atoms with E-state index in [9.17, 15) is 8.42 Å². The van der Waals surface area contributed by atoms with E-state index in [-0.39, 0.29) is 5.25 Å². The highest BCUT2D eigenvalue weighted by Gasteiger charge is 2.21. The molecule has 0 bridgehead atoms. The molecule has 0 amide bonds. The van der Waals surface area contributed by atoms with Gasteiger partial charge in [0.1, 0.15) is 0 Å². The van der Waals surface area contributed by atoms with Crippen molar-refractivity contribution in [2.24, 2.45) is 0 Å². The Bertz CT molecular complexity index is 301. The van der Waals surface area contributed by atoms with Crippen LogP contribution in [0.15, 0.2) is 0 Å². The number of hydrogen-bond acceptors (Lipinski definition) is 4. The maximum atomic E-state index is 11.7. The van der Waals surface area contributed by atoms with Crippen molar-refractivity contribution in [1.29, 1.82) is 0 Å². The third kappa shape index (κ3) is 4.03. The summed E-state index contributed by atoms with van der Waals surface area (Å²) < 4.78 is 23.4. The summed E-state index contributed by atoms with van der Waals surface area (Å²) >= 11 is 0. The smallest absolute Gasteiger partial charge is 0.153 e. The highest BCUT2D eigenvalue weighted by molar-refractivity contribution is 7.92. The molecule has 16 heavy (non-hydrogen) atoms. The highest BCUT2D eigenvalue weighted by Crippen LogP contribution is 2.05. The van der Waals surface area contributed by atoms with Crippen molar-refractivity contribution in [2.75, 3.05) is 31.9 Å². The van der Waals surface area contributed by atoms with Gasteiger partial charge in [0, 0.05) is 32.2 Å². The van der Waals surface area contributed by atoms with Crippen LogP contribution < -0.4 is 5.32 Å². The van der Waals surface area contributed by atoms with Crippen LogP contribution in [0, 0.1) is 0 Å². The first-order valence-corrected chi connectivity index (χ1v) is 7.84. The van der Waals surface area contributed by atoms with Crippen LogP contribution in [0.3, 0.4) is 0 Å². The second-order valence-electron chi connectivity index (χ2n) is 4.78. The van der Waals surface area contributed by atoms with Gasteiger partial charge in [0.2, 0.25) is 0 Å². The van der Waals surface area contributed by atoms with Crippen molar-refractivity contribution in [3.05, 3.63) is 0 Å².